The van der Waals surface area contributed by atoms with Crippen LogP contribution in [0.2, 0.25) is 0 Å². The van der Waals surface area contributed by atoms with Gasteiger partial charge in [0.15, 0.2) is 16.7 Å². The van der Waals surface area contributed by atoms with Crippen LogP contribution in [0.25, 0.3) is 0 Å². The summed E-state index contributed by atoms with van der Waals surface area (Å²) < 4.78 is 11.6. The third-order valence-corrected chi connectivity index (χ3v) is 4.80. The van der Waals surface area contributed by atoms with Crippen LogP contribution >= 0.6 is 27.7 Å². The molecule has 0 fully saturated rings. The minimum absolute atomic E-state index is 0.175. The van der Waals surface area contributed by atoms with E-state index < -0.39 is 0 Å². The summed E-state index contributed by atoms with van der Waals surface area (Å²) in [7, 11) is 1.57. The van der Waals surface area contributed by atoms with Crippen LogP contribution in [0, 0.1) is 13.8 Å². The van der Waals surface area contributed by atoms with Crippen LogP contribution < -0.4 is 14.9 Å². The standard InChI is InChI=1S/C18H21BrN4O3S/c1-5-26-16-8-14(19)13(7-15(16)25-4)9-20-23-17(24)10-27-18-21-11(2)6-12(3)22-18/h6-9H,5,10H2,1-4H3,(H,23,24)/b20-9-. The van der Waals surface area contributed by atoms with Gasteiger partial charge in [-0.25, -0.2) is 15.4 Å². The molecule has 0 aliphatic carbocycles. The fourth-order valence-electron chi connectivity index (χ4n) is 2.17. The fourth-order valence-corrected chi connectivity index (χ4v) is 3.34. The third-order valence-electron chi connectivity index (χ3n) is 3.27. The summed E-state index contributed by atoms with van der Waals surface area (Å²) in [6, 6.07) is 5.47. The molecule has 144 valence electrons. The fraction of sp³-hybridized carbons (Fsp3) is 0.333. The quantitative estimate of drug-likeness (QED) is 0.285. The smallest absolute Gasteiger partial charge is 0.250 e. The number of hydrogen-bond donors (Lipinski definition) is 1. The van der Waals surface area contributed by atoms with Gasteiger partial charge in [0, 0.05) is 21.4 Å². The van der Waals surface area contributed by atoms with Crippen molar-refractivity contribution in [2.75, 3.05) is 19.5 Å². The van der Waals surface area contributed by atoms with Gasteiger partial charge in [-0.15, -0.1) is 0 Å². The average molecular weight is 453 g/mol. The van der Waals surface area contributed by atoms with E-state index in [1.165, 1.54) is 18.0 Å². The van der Waals surface area contributed by atoms with E-state index in [1.54, 1.807) is 19.2 Å². The van der Waals surface area contributed by atoms with E-state index in [-0.39, 0.29) is 11.7 Å². The topological polar surface area (TPSA) is 85.7 Å². The number of benzene rings is 1. The SMILES string of the molecule is CCOc1cc(Br)c(/C=N\NC(=O)CSc2nc(C)cc(C)n2)cc1OC. The van der Waals surface area contributed by atoms with Gasteiger partial charge in [-0.2, -0.15) is 5.10 Å². The molecule has 0 spiro atoms. The predicted octanol–water partition coefficient (Wildman–Crippen LogP) is 3.51. The van der Waals surface area contributed by atoms with Gasteiger partial charge >= 0.3 is 0 Å². The highest BCUT2D eigenvalue weighted by Crippen LogP contribution is 2.32. The van der Waals surface area contributed by atoms with Gasteiger partial charge < -0.3 is 9.47 Å². The lowest BCUT2D eigenvalue weighted by Gasteiger charge is -2.11. The molecule has 7 nitrogen and oxygen atoms in total. The van der Waals surface area contributed by atoms with E-state index in [0.717, 1.165) is 21.4 Å². The summed E-state index contributed by atoms with van der Waals surface area (Å²) in [6.07, 6.45) is 1.54. The van der Waals surface area contributed by atoms with Crippen molar-refractivity contribution in [1.82, 2.24) is 15.4 Å². The van der Waals surface area contributed by atoms with Crippen LogP contribution in [-0.2, 0) is 4.79 Å². The number of aryl methyl sites for hydroxylation is 2. The molecule has 1 heterocycles. The lowest BCUT2D eigenvalue weighted by Crippen LogP contribution is -2.19. The molecule has 0 unspecified atom stereocenters. The van der Waals surface area contributed by atoms with E-state index in [0.29, 0.717) is 23.3 Å². The minimum Gasteiger partial charge on any atom is -0.493 e. The average Bonchev–Trinajstić information content (AvgIpc) is 2.61. The van der Waals surface area contributed by atoms with Gasteiger partial charge in [-0.3, -0.25) is 4.79 Å². The Labute approximate surface area is 171 Å². The predicted molar refractivity (Wildman–Crippen MR) is 110 cm³/mol. The van der Waals surface area contributed by atoms with Crippen molar-refractivity contribution >= 4 is 39.8 Å². The van der Waals surface area contributed by atoms with Crippen molar-refractivity contribution in [3.05, 3.63) is 39.6 Å². The first-order chi connectivity index (χ1) is 12.9. The van der Waals surface area contributed by atoms with Crippen molar-refractivity contribution in [2.24, 2.45) is 5.10 Å². The van der Waals surface area contributed by atoms with Gasteiger partial charge in [0.05, 0.1) is 25.7 Å². The second-order valence-corrected chi connectivity index (χ2v) is 7.27. The maximum atomic E-state index is 12.0. The summed E-state index contributed by atoms with van der Waals surface area (Å²) >= 11 is 4.73. The number of carbonyl (C=O) groups excluding carboxylic acids is 1. The Morgan fingerprint density at radius 2 is 1.96 bits per heavy atom. The van der Waals surface area contributed by atoms with Gasteiger partial charge in [-0.05, 0) is 54.9 Å². The summed E-state index contributed by atoms with van der Waals surface area (Å²) in [5, 5.41) is 4.57. The highest BCUT2D eigenvalue weighted by atomic mass is 79.9. The van der Waals surface area contributed by atoms with E-state index in [4.69, 9.17) is 9.47 Å². The maximum absolute atomic E-state index is 12.0. The summed E-state index contributed by atoms with van der Waals surface area (Å²) in [4.78, 5) is 20.5. The molecule has 1 N–H and O–H groups in total. The highest BCUT2D eigenvalue weighted by molar-refractivity contribution is 9.10. The molecule has 0 radical (unpaired) electrons. The number of nitrogens with zero attached hydrogens (tertiary/aromatic N) is 3. The monoisotopic (exact) mass is 452 g/mol. The molecule has 0 bridgehead atoms. The van der Waals surface area contributed by atoms with Crippen molar-refractivity contribution in [2.45, 2.75) is 25.9 Å². The zero-order valence-corrected chi connectivity index (χ0v) is 18.0. The molecular formula is C18H21BrN4O3S. The molecule has 0 saturated heterocycles. The van der Waals surface area contributed by atoms with Crippen LogP contribution in [0.4, 0.5) is 0 Å². The molecule has 0 aliphatic heterocycles. The van der Waals surface area contributed by atoms with E-state index in [1.807, 2.05) is 26.8 Å². The van der Waals surface area contributed by atoms with E-state index in [2.05, 4.69) is 36.4 Å². The van der Waals surface area contributed by atoms with Crippen LogP contribution in [-0.4, -0.2) is 41.6 Å². The second-order valence-electron chi connectivity index (χ2n) is 5.47. The highest BCUT2D eigenvalue weighted by Gasteiger charge is 2.09. The number of hydrazone groups is 1. The van der Waals surface area contributed by atoms with Crippen molar-refractivity contribution < 1.29 is 14.3 Å². The van der Waals surface area contributed by atoms with E-state index >= 15 is 0 Å². The van der Waals surface area contributed by atoms with Gasteiger partial charge in [0.1, 0.15) is 0 Å². The number of amides is 1. The third kappa shape index (κ3) is 6.51. The Bertz CT molecular complexity index is 825. The van der Waals surface area contributed by atoms with Gasteiger partial charge in [-0.1, -0.05) is 11.8 Å². The first-order valence-corrected chi connectivity index (χ1v) is 9.98. The van der Waals surface area contributed by atoms with Crippen LogP contribution in [0.5, 0.6) is 11.5 Å². The lowest BCUT2D eigenvalue weighted by molar-refractivity contribution is -0.118. The Kier molecular flexibility index (Phi) is 8.05. The van der Waals surface area contributed by atoms with Gasteiger partial charge in [0.25, 0.3) is 5.91 Å². The molecule has 0 atom stereocenters. The van der Waals surface area contributed by atoms with Crippen molar-refractivity contribution in [3.8, 4) is 11.5 Å². The molecule has 2 rings (SSSR count). The number of rotatable bonds is 8. The molecule has 9 heteroatoms. The molecule has 0 aliphatic rings. The van der Waals surface area contributed by atoms with Crippen molar-refractivity contribution in [3.63, 3.8) is 0 Å². The Morgan fingerprint density at radius 1 is 1.26 bits per heavy atom. The lowest BCUT2D eigenvalue weighted by atomic mass is 10.2. The van der Waals surface area contributed by atoms with Crippen LogP contribution in [0.3, 0.4) is 0 Å². The minimum atomic E-state index is -0.243. The summed E-state index contributed by atoms with van der Waals surface area (Å²) in [6.45, 7) is 6.23. The number of thioether (sulfide) groups is 1. The van der Waals surface area contributed by atoms with E-state index in [9.17, 15) is 4.79 Å². The normalized spacial score (nSPS) is 10.9. The first-order valence-electron chi connectivity index (χ1n) is 8.20. The Morgan fingerprint density at radius 3 is 2.59 bits per heavy atom. The molecule has 0 saturated carbocycles. The molecule has 1 aromatic carbocycles. The van der Waals surface area contributed by atoms with Gasteiger partial charge in [0.2, 0.25) is 0 Å². The number of ether oxygens (including phenoxy) is 2. The largest absolute Gasteiger partial charge is 0.493 e. The number of aromatic nitrogens is 2. The molecule has 1 aromatic heterocycles. The molecule has 27 heavy (non-hydrogen) atoms. The number of methoxy groups -OCH3 is 1. The first kappa shape index (κ1) is 21.2. The summed E-state index contributed by atoms with van der Waals surface area (Å²) in [5.74, 6) is 1.16. The van der Waals surface area contributed by atoms with Crippen LogP contribution in [0.15, 0.2) is 32.9 Å². The number of carbonyl (C=O) groups is 1. The second kappa shape index (κ2) is 10.3. The number of hydrogen-bond acceptors (Lipinski definition) is 7. The maximum Gasteiger partial charge on any atom is 0.250 e. The number of nitrogens with one attached hydrogen (secondary N) is 1. The Hall–Kier alpha value is -2.13. The summed E-state index contributed by atoms with van der Waals surface area (Å²) in [5.41, 5.74) is 4.99. The Balaban J connectivity index is 1.95. The molecule has 2 aromatic rings. The number of halogens is 1. The zero-order chi connectivity index (χ0) is 19.8. The zero-order valence-electron chi connectivity index (χ0n) is 15.6. The van der Waals surface area contributed by atoms with Crippen LogP contribution in [0.1, 0.15) is 23.9 Å². The molecule has 1 amide bonds. The molecular weight excluding hydrogens is 432 g/mol. The van der Waals surface area contributed by atoms with Crippen molar-refractivity contribution in [1.29, 1.82) is 0 Å².